The number of hydrogen-bond donors (Lipinski definition) is 3. The van der Waals surface area contributed by atoms with E-state index >= 15 is 0 Å². The summed E-state index contributed by atoms with van der Waals surface area (Å²) in [7, 11) is -4.45. The third-order valence-corrected chi connectivity index (χ3v) is 2.35. The molecular weight excluding hydrogens is 352 g/mol. The van der Waals surface area contributed by atoms with E-state index in [1.165, 1.54) is 0 Å². The quantitative estimate of drug-likeness (QED) is 0.657. The molecule has 0 saturated carbocycles. The predicted molar refractivity (Wildman–Crippen MR) is 44.9 cm³/mol. The van der Waals surface area contributed by atoms with E-state index in [-0.39, 0.29) is 41.7 Å². The van der Waals surface area contributed by atoms with E-state index in [1.807, 2.05) is 0 Å². The van der Waals surface area contributed by atoms with Gasteiger partial charge in [-0.25, -0.2) is 4.79 Å². The van der Waals surface area contributed by atoms with Crippen molar-refractivity contribution >= 4 is 16.1 Å². The summed E-state index contributed by atoms with van der Waals surface area (Å²) in [4.78, 5) is 9.89. The van der Waals surface area contributed by atoms with Gasteiger partial charge in [0.2, 0.25) is 0 Å². The molecule has 0 bridgehead atoms. The molecule has 0 unspecified atom stereocenters. The summed E-state index contributed by atoms with van der Waals surface area (Å²) in [6, 6.07) is 2.46. The number of aromatic hydroxyl groups is 1. The number of carboxylic acid groups (broad SMARTS) is 1. The maximum Gasteiger partial charge on any atom is 0.339 e. The van der Waals surface area contributed by atoms with Crippen LogP contribution < -0.4 is 0 Å². The topological polar surface area (TPSA) is 112 Å². The zero-order chi connectivity index (χ0) is 10.9. The number of hydrogen-bond acceptors (Lipinski definition) is 4. The Kier molecular flexibility index (Phi) is 5.13. The van der Waals surface area contributed by atoms with Crippen molar-refractivity contribution in [2.24, 2.45) is 0 Å². The van der Waals surface area contributed by atoms with Gasteiger partial charge in [-0.3, -0.25) is 4.55 Å². The van der Waals surface area contributed by atoms with Gasteiger partial charge >= 0.3 is 5.97 Å². The van der Waals surface area contributed by atoms with Crippen LogP contribution in [0.2, 0.25) is 0 Å². The fraction of sp³-hybridized carbons (Fsp3) is 0. The summed E-state index contributed by atoms with van der Waals surface area (Å²) in [5.74, 6) is -2.04. The minimum atomic E-state index is -4.45. The van der Waals surface area contributed by atoms with Crippen LogP contribution in [-0.2, 0) is 10.1 Å². The normalized spacial score (nSPS) is 10.5. The fourth-order valence-electron chi connectivity index (χ4n) is 0.847. The van der Waals surface area contributed by atoms with Crippen molar-refractivity contribution in [2.75, 3.05) is 0 Å². The van der Waals surface area contributed by atoms with Gasteiger partial charge in [-0.05, 0) is 18.2 Å². The standard InChI is InChI=1S/C7H6O6S.Ce/c8-6-2-1-4(14(11,12)13)3-5(6)7(9)10;/h1-3,8H,(H,9,10)(H,11,12,13);. The summed E-state index contributed by atoms with van der Waals surface area (Å²) in [5.41, 5.74) is -0.583. The average Bonchev–Trinajstić information content (AvgIpc) is 2.02. The molecule has 0 amide bonds. The van der Waals surface area contributed by atoms with Crippen molar-refractivity contribution in [1.82, 2.24) is 0 Å². The smallest absolute Gasteiger partial charge is 0.339 e. The van der Waals surface area contributed by atoms with Crippen LogP contribution in [0.25, 0.3) is 0 Å². The molecular formula is C7H6CeO6S. The minimum Gasteiger partial charge on any atom is -0.507 e. The number of carbonyl (C=O) groups is 1. The summed E-state index contributed by atoms with van der Waals surface area (Å²) >= 11 is 0. The third-order valence-electron chi connectivity index (χ3n) is 1.50. The molecule has 1 aromatic carbocycles. The van der Waals surface area contributed by atoms with Crippen LogP contribution in [-0.4, -0.2) is 29.2 Å². The third kappa shape index (κ3) is 3.68. The largest absolute Gasteiger partial charge is 0.507 e. The van der Waals surface area contributed by atoms with Crippen LogP contribution in [0.4, 0.5) is 0 Å². The summed E-state index contributed by atoms with van der Waals surface area (Å²) in [6.07, 6.45) is 0. The van der Waals surface area contributed by atoms with Gasteiger partial charge in [-0.1, -0.05) is 0 Å². The van der Waals surface area contributed by atoms with Gasteiger partial charge in [-0.2, -0.15) is 8.42 Å². The average molecular weight is 358 g/mol. The van der Waals surface area contributed by atoms with Gasteiger partial charge in [0.15, 0.2) is 0 Å². The summed E-state index contributed by atoms with van der Waals surface area (Å²) in [6.45, 7) is 0. The first kappa shape index (κ1) is 14.8. The minimum absolute atomic E-state index is 0. The van der Waals surface area contributed by atoms with Gasteiger partial charge in [0.05, 0.1) is 4.90 Å². The van der Waals surface area contributed by atoms with Crippen LogP contribution >= 0.6 is 0 Å². The Bertz CT molecular complexity index is 480. The number of benzene rings is 1. The van der Waals surface area contributed by atoms with E-state index in [0.717, 1.165) is 12.1 Å². The second-order valence-electron chi connectivity index (χ2n) is 2.46. The van der Waals surface area contributed by atoms with Gasteiger partial charge in [0, 0.05) is 41.7 Å². The van der Waals surface area contributed by atoms with E-state index in [4.69, 9.17) is 14.8 Å². The van der Waals surface area contributed by atoms with E-state index in [9.17, 15) is 13.2 Å². The Morgan fingerprint density at radius 2 is 1.80 bits per heavy atom. The van der Waals surface area contributed by atoms with Crippen LogP contribution in [0.15, 0.2) is 23.1 Å². The molecule has 0 aliphatic rings. The second-order valence-corrected chi connectivity index (χ2v) is 3.88. The molecule has 3 N–H and O–H groups in total. The number of rotatable bonds is 2. The first-order valence-corrected chi connectivity index (χ1v) is 4.80. The van der Waals surface area contributed by atoms with Crippen molar-refractivity contribution in [3.8, 4) is 5.75 Å². The van der Waals surface area contributed by atoms with E-state index < -0.39 is 32.3 Å². The first-order valence-electron chi connectivity index (χ1n) is 3.36. The maximum atomic E-state index is 10.6. The zero-order valence-electron chi connectivity index (χ0n) is 7.21. The molecule has 0 radical (unpaired) electrons. The SMILES string of the molecule is O=C(O)c1cc(S(=O)(=O)O)ccc1O.[Ce]. The van der Waals surface area contributed by atoms with Crippen LogP contribution in [0.5, 0.6) is 5.75 Å². The Balaban J connectivity index is 0.00000196. The van der Waals surface area contributed by atoms with Gasteiger partial charge in [-0.15, -0.1) is 0 Å². The second kappa shape index (κ2) is 5.21. The maximum absolute atomic E-state index is 10.6. The first-order chi connectivity index (χ1) is 6.32. The molecule has 0 aliphatic heterocycles. The van der Waals surface area contributed by atoms with Crippen molar-refractivity contribution in [3.63, 3.8) is 0 Å². The molecule has 0 heterocycles. The Morgan fingerprint density at radius 3 is 2.20 bits per heavy atom. The van der Waals surface area contributed by atoms with E-state index in [0.29, 0.717) is 6.07 Å². The van der Waals surface area contributed by atoms with Gasteiger partial charge < -0.3 is 10.2 Å². The van der Waals surface area contributed by atoms with Gasteiger partial charge in [0.1, 0.15) is 11.3 Å². The molecule has 0 saturated heterocycles. The molecule has 0 aliphatic carbocycles. The summed E-state index contributed by atoms with van der Waals surface area (Å²) in [5, 5.41) is 17.5. The zero-order valence-corrected chi connectivity index (χ0v) is 11.2. The monoisotopic (exact) mass is 358 g/mol. The molecule has 8 heteroatoms. The van der Waals surface area contributed by atoms with Crippen LogP contribution in [0, 0.1) is 41.7 Å². The molecule has 15 heavy (non-hydrogen) atoms. The Labute approximate surface area is 119 Å². The molecule has 80 valence electrons. The molecule has 1 aromatic rings. The van der Waals surface area contributed by atoms with E-state index in [2.05, 4.69) is 0 Å². The molecule has 6 nitrogen and oxygen atoms in total. The molecule has 0 spiro atoms. The number of aromatic carboxylic acids is 1. The van der Waals surface area contributed by atoms with Crippen molar-refractivity contribution in [1.29, 1.82) is 0 Å². The van der Waals surface area contributed by atoms with E-state index in [1.54, 1.807) is 0 Å². The molecule has 0 fully saturated rings. The molecule has 0 aromatic heterocycles. The van der Waals surface area contributed by atoms with Crippen LogP contribution in [0.3, 0.4) is 0 Å². The van der Waals surface area contributed by atoms with Crippen molar-refractivity contribution in [2.45, 2.75) is 4.90 Å². The fourth-order valence-corrected chi connectivity index (χ4v) is 1.35. The predicted octanol–water partition coefficient (Wildman–Crippen LogP) is 0.337. The molecule has 1 rings (SSSR count). The Morgan fingerprint density at radius 1 is 1.27 bits per heavy atom. The van der Waals surface area contributed by atoms with Crippen LogP contribution in [0.1, 0.15) is 10.4 Å². The molecule has 0 atom stereocenters. The van der Waals surface area contributed by atoms with Gasteiger partial charge in [0.25, 0.3) is 10.1 Å². The summed E-state index contributed by atoms with van der Waals surface area (Å²) < 4.78 is 29.8. The Hall–Kier alpha value is -0.223. The van der Waals surface area contributed by atoms with Crippen molar-refractivity contribution < 1.29 is 69.7 Å². The number of carboxylic acids is 1. The van der Waals surface area contributed by atoms with Crippen molar-refractivity contribution in [3.05, 3.63) is 23.8 Å². The number of phenols is 1.